The first-order valence-electron chi connectivity index (χ1n) is 2.30. The highest BCUT2D eigenvalue weighted by Crippen LogP contribution is 2.13. The summed E-state index contributed by atoms with van der Waals surface area (Å²) in [6, 6.07) is 0. The molecule has 0 heterocycles. The summed E-state index contributed by atoms with van der Waals surface area (Å²) in [5.41, 5.74) is 0. The highest BCUT2D eigenvalue weighted by molar-refractivity contribution is 7.43. The maximum Gasteiger partial charge on any atom is 0.0758 e. The minimum Gasteiger partial charge on any atom is -0.393 e. The lowest BCUT2D eigenvalue weighted by molar-refractivity contribution is 0.218. The molecule has 0 aromatic heterocycles. The summed E-state index contributed by atoms with van der Waals surface area (Å²) in [5.74, 6) is 0. The first-order chi connectivity index (χ1) is 3.13. The van der Waals surface area contributed by atoms with Gasteiger partial charge in [0.05, 0.1) is 13.9 Å². The van der Waals surface area contributed by atoms with Crippen molar-refractivity contribution >= 4 is 7.80 Å². The average Bonchev–Trinajstić information content (AvgIpc) is 1.27. The van der Waals surface area contributed by atoms with Gasteiger partial charge in [-0.2, -0.15) is 0 Å². The normalized spacial score (nSPS) is 18.7. The van der Waals surface area contributed by atoms with E-state index in [4.69, 9.17) is 5.11 Å². The fourth-order valence-corrected chi connectivity index (χ4v) is 1.25. The monoisotopic (exact) mass is 122 g/mol. The molecule has 0 fully saturated rings. The van der Waals surface area contributed by atoms with E-state index in [-0.39, 0.29) is 0 Å². The molecule has 0 radical (unpaired) electrons. The van der Waals surface area contributed by atoms with E-state index < -0.39 is 13.9 Å². The van der Waals surface area contributed by atoms with Crippen LogP contribution in [0.4, 0.5) is 0 Å². The van der Waals surface area contributed by atoms with E-state index in [0.717, 1.165) is 0 Å². The van der Waals surface area contributed by atoms with Gasteiger partial charge in [-0.05, 0) is 13.6 Å². The molecule has 0 aliphatic heterocycles. The Morgan fingerprint density at radius 2 is 2.29 bits per heavy atom. The summed E-state index contributed by atoms with van der Waals surface area (Å²) < 4.78 is 10.3. The van der Waals surface area contributed by atoms with Gasteiger partial charge < -0.3 is 9.67 Å². The van der Waals surface area contributed by atoms with Crippen LogP contribution in [-0.2, 0) is 4.57 Å². The summed E-state index contributed by atoms with van der Waals surface area (Å²) >= 11 is 0. The second-order valence-corrected chi connectivity index (χ2v) is 3.57. The Bertz CT molecular complexity index is 70.1. The molecule has 2 unspecified atom stereocenters. The fourth-order valence-electron chi connectivity index (χ4n) is 0.416. The Kier molecular flexibility index (Phi) is 3.31. The predicted molar refractivity (Wildman–Crippen MR) is 31.5 cm³/mol. The molecule has 0 aromatic rings. The van der Waals surface area contributed by atoms with Crippen molar-refractivity contribution in [2.45, 2.75) is 13.0 Å². The SMILES string of the molecule is CC(O)C[PH](C)=O. The Balaban J connectivity index is 3.13. The lowest BCUT2D eigenvalue weighted by Gasteiger charge is -1.96. The van der Waals surface area contributed by atoms with Gasteiger partial charge in [-0.15, -0.1) is 0 Å². The number of hydrogen-bond acceptors (Lipinski definition) is 2. The smallest absolute Gasteiger partial charge is 0.0758 e. The van der Waals surface area contributed by atoms with E-state index in [9.17, 15) is 4.57 Å². The molecule has 0 bridgehead atoms. The standard InChI is InChI=1S/C4H11O2P/c1-4(5)3-7(2)6/h4-5,7H,3H2,1-2H3. The summed E-state index contributed by atoms with van der Waals surface area (Å²) in [5, 5.41) is 8.55. The van der Waals surface area contributed by atoms with Crippen molar-refractivity contribution in [2.75, 3.05) is 12.8 Å². The van der Waals surface area contributed by atoms with Crippen LogP contribution >= 0.6 is 7.80 Å². The van der Waals surface area contributed by atoms with Crippen LogP contribution < -0.4 is 0 Å². The second kappa shape index (κ2) is 3.23. The third kappa shape index (κ3) is 6.19. The lowest BCUT2D eigenvalue weighted by atomic mass is 10.5. The van der Waals surface area contributed by atoms with Gasteiger partial charge in [-0.25, -0.2) is 0 Å². The van der Waals surface area contributed by atoms with E-state index >= 15 is 0 Å². The molecule has 0 amide bonds. The molecule has 0 aliphatic rings. The molecule has 0 saturated carbocycles. The topological polar surface area (TPSA) is 37.3 Å². The maximum absolute atomic E-state index is 10.3. The van der Waals surface area contributed by atoms with E-state index in [1.54, 1.807) is 13.6 Å². The third-order valence-electron chi connectivity index (χ3n) is 0.583. The zero-order valence-corrected chi connectivity index (χ0v) is 5.64. The van der Waals surface area contributed by atoms with Crippen LogP contribution in [0.3, 0.4) is 0 Å². The van der Waals surface area contributed by atoms with Gasteiger partial charge in [0.1, 0.15) is 0 Å². The zero-order chi connectivity index (χ0) is 5.86. The summed E-state index contributed by atoms with van der Waals surface area (Å²) in [6.45, 7) is 3.30. The van der Waals surface area contributed by atoms with Crippen molar-refractivity contribution in [2.24, 2.45) is 0 Å². The number of hydrogen-bond donors (Lipinski definition) is 1. The van der Waals surface area contributed by atoms with Gasteiger partial charge in [0.2, 0.25) is 0 Å². The van der Waals surface area contributed by atoms with Crippen LogP contribution in [0.5, 0.6) is 0 Å². The average molecular weight is 122 g/mol. The van der Waals surface area contributed by atoms with Crippen LogP contribution in [0.25, 0.3) is 0 Å². The Labute approximate surface area is 44.3 Å². The van der Waals surface area contributed by atoms with Gasteiger partial charge in [-0.3, -0.25) is 0 Å². The van der Waals surface area contributed by atoms with Gasteiger partial charge in [0.15, 0.2) is 0 Å². The molecule has 3 heteroatoms. The molecule has 44 valence electrons. The van der Waals surface area contributed by atoms with Crippen molar-refractivity contribution in [3.63, 3.8) is 0 Å². The largest absolute Gasteiger partial charge is 0.393 e. The van der Waals surface area contributed by atoms with Crippen molar-refractivity contribution < 1.29 is 9.67 Å². The van der Waals surface area contributed by atoms with Crippen LogP contribution in [0.15, 0.2) is 0 Å². The molecule has 0 aromatic carbocycles. The van der Waals surface area contributed by atoms with Gasteiger partial charge >= 0.3 is 0 Å². The first kappa shape index (κ1) is 7.19. The zero-order valence-electron chi connectivity index (χ0n) is 4.64. The molecule has 0 aliphatic carbocycles. The maximum atomic E-state index is 10.3. The highest BCUT2D eigenvalue weighted by Gasteiger charge is 1.95. The molecule has 7 heavy (non-hydrogen) atoms. The van der Waals surface area contributed by atoms with E-state index in [1.807, 2.05) is 0 Å². The van der Waals surface area contributed by atoms with Crippen molar-refractivity contribution in [1.82, 2.24) is 0 Å². The van der Waals surface area contributed by atoms with E-state index in [0.29, 0.717) is 6.16 Å². The van der Waals surface area contributed by atoms with Crippen LogP contribution in [0.1, 0.15) is 6.92 Å². The summed E-state index contributed by atoms with van der Waals surface area (Å²) in [4.78, 5) is 0. The van der Waals surface area contributed by atoms with Gasteiger partial charge in [0, 0.05) is 6.16 Å². The minimum absolute atomic E-state index is 0.392. The van der Waals surface area contributed by atoms with Crippen LogP contribution in [-0.4, -0.2) is 24.0 Å². The van der Waals surface area contributed by atoms with Gasteiger partial charge in [0.25, 0.3) is 0 Å². The Morgan fingerprint density at radius 3 is 2.29 bits per heavy atom. The minimum atomic E-state index is -1.43. The predicted octanol–water partition coefficient (Wildman–Crippen LogP) is 0.557. The number of aliphatic hydroxyl groups excluding tert-OH is 1. The highest BCUT2D eigenvalue weighted by atomic mass is 31.1. The second-order valence-electron chi connectivity index (χ2n) is 1.76. The lowest BCUT2D eigenvalue weighted by Crippen LogP contribution is -2.01. The molecule has 2 nitrogen and oxygen atoms in total. The molecular weight excluding hydrogens is 111 g/mol. The van der Waals surface area contributed by atoms with E-state index in [2.05, 4.69) is 0 Å². The third-order valence-corrected chi connectivity index (χ3v) is 1.75. The van der Waals surface area contributed by atoms with Crippen LogP contribution in [0, 0.1) is 0 Å². The molecule has 1 N–H and O–H groups in total. The fraction of sp³-hybridized carbons (Fsp3) is 1.00. The first-order valence-corrected chi connectivity index (χ1v) is 4.42. The molecule has 0 saturated heterocycles. The number of aliphatic hydroxyl groups is 1. The molecule has 0 rings (SSSR count). The van der Waals surface area contributed by atoms with Crippen molar-refractivity contribution in [3.05, 3.63) is 0 Å². The molecular formula is C4H11O2P. The Hall–Kier alpha value is 0.190. The van der Waals surface area contributed by atoms with Gasteiger partial charge in [-0.1, -0.05) is 0 Å². The summed E-state index contributed by atoms with van der Waals surface area (Å²) in [7, 11) is -1.43. The van der Waals surface area contributed by atoms with E-state index in [1.165, 1.54) is 0 Å². The molecule has 0 spiro atoms. The number of rotatable bonds is 2. The quantitative estimate of drug-likeness (QED) is 0.543. The van der Waals surface area contributed by atoms with Crippen molar-refractivity contribution in [1.29, 1.82) is 0 Å². The van der Waals surface area contributed by atoms with Crippen LogP contribution in [0.2, 0.25) is 0 Å². The molecule has 2 atom stereocenters. The summed E-state index contributed by atoms with van der Waals surface area (Å²) in [6.07, 6.45) is 0.0707. The van der Waals surface area contributed by atoms with Crippen molar-refractivity contribution in [3.8, 4) is 0 Å². The Morgan fingerprint density at radius 1 is 1.86 bits per heavy atom.